The lowest BCUT2D eigenvalue weighted by atomic mass is 10.0. The number of benzene rings is 1. The van der Waals surface area contributed by atoms with Gasteiger partial charge in [0, 0.05) is 36.0 Å². The molecule has 1 aliphatic heterocycles. The first kappa shape index (κ1) is 19.0. The first-order chi connectivity index (χ1) is 14.0. The standard InChI is InChI=1S/C20H21FN6O2/c21-13-9-12(18(23)28)19(27-20(13)26-17-6-8-29-10-14(17)22)25-16-5-1-4-15-11(16)3-2-7-24-15/h1-5,7,9,14,17H,6,8,10,22H2,(H2,23,28)(H2,25,26,27). The molecule has 29 heavy (non-hydrogen) atoms. The molecule has 3 aromatic rings. The molecule has 1 saturated heterocycles. The third-order valence-electron chi connectivity index (χ3n) is 4.86. The minimum absolute atomic E-state index is 0.00166. The van der Waals surface area contributed by atoms with E-state index < -0.39 is 11.7 Å². The number of fused-ring (bicyclic) bond motifs is 1. The van der Waals surface area contributed by atoms with Crippen molar-refractivity contribution in [1.29, 1.82) is 0 Å². The van der Waals surface area contributed by atoms with Gasteiger partial charge in [-0.15, -0.1) is 0 Å². The summed E-state index contributed by atoms with van der Waals surface area (Å²) in [5.41, 5.74) is 12.9. The molecule has 3 heterocycles. The zero-order valence-electron chi connectivity index (χ0n) is 15.6. The van der Waals surface area contributed by atoms with E-state index in [0.29, 0.717) is 25.3 Å². The molecule has 9 heteroatoms. The summed E-state index contributed by atoms with van der Waals surface area (Å²) in [6.45, 7) is 0.910. The molecule has 0 saturated carbocycles. The maximum absolute atomic E-state index is 14.6. The molecule has 8 nitrogen and oxygen atoms in total. The van der Waals surface area contributed by atoms with Crippen LogP contribution in [0.1, 0.15) is 16.8 Å². The zero-order valence-corrected chi connectivity index (χ0v) is 15.6. The highest BCUT2D eigenvalue weighted by molar-refractivity contribution is 6.00. The molecule has 2 atom stereocenters. The minimum Gasteiger partial charge on any atom is -0.380 e. The smallest absolute Gasteiger partial charge is 0.252 e. The Hall–Kier alpha value is -3.30. The Morgan fingerprint density at radius 3 is 2.90 bits per heavy atom. The maximum Gasteiger partial charge on any atom is 0.252 e. The molecule has 6 N–H and O–H groups in total. The second-order valence-corrected chi connectivity index (χ2v) is 6.86. The summed E-state index contributed by atoms with van der Waals surface area (Å²) in [5, 5.41) is 6.96. The van der Waals surface area contributed by atoms with Crippen molar-refractivity contribution in [1.82, 2.24) is 9.97 Å². The van der Waals surface area contributed by atoms with Crippen LogP contribution in [0.15, 0.2) is 42.6 Å². The number of halogens is 1. The second kappa shape index (κ2) is 7.98. The molecule has 0 radical (unpaired) electrons. The van der Waals surface area contributed by atoms with E-state index in [1.807, 2.05) is 24.3 Å². The van der Waals surface area contributed by atoms with Gasteiger partial charge in [0.1, 0.15) is 5.82 Å². The van der Waals surface area contributed by atoms with Crippen molar-refractivity contribution in [3.05, 3.63) is 54.0 Å². The predicted octanol–water partition coefficient (Wildman–Crippen LogP) is 2.14. The molecule has 1 aromatic carbocycles. The number of ether oxygens (including phenoxy) is 1. The summed E-state index contributed by atoms with van der Waals surface area (Å²) < 4.78 is 19.9. The molecule has 0 aliphatic carbocycles. The first-order valence-corrected chi connectivity index (χ1v) is 9.24. The molecular weight excluding hydrogens is 375 g/mol. The Labute approximate surface area is 166 Å². The summed E-state index contributed by atoms with van der Waals surface area (Å²) in [5.74, 6) is -1.31. The Morgan fingerprint density at radius 1 is 1.24 bits per heavy atom. The molecule has 0 spiro atoms. The average Bonchev–Trinajstić information content (AvgIpc) is 2.72. The number of anilines is 3. The van der Waals surface area contributed by atoms with E-state index >= 15 is 0 Å². The van der Waals surface area contributed by atoms with E-state index in [1.165, 1.54) is 0 Å². The van der Waals surface area contributed by atoms with Crippen LogP contribution >= 0.6 is 0 Å². The number of amides is 1. The van der Waals surface area contributed by atoms with E-state index in [4.69, 9.17) is 16.2 Å². The molecule has 4 rings (SSSR count). The summed E-state index contributed by atoms with van der Waals surface area (Å²) in [6.07, 6.45) is 2.31. The van der Waals surface area contributed by atoms with Crippen molar-refractivity contribution >= 4 is 34.1 Å². The van der Waals surface area contributed by atoms with Gasteiger partial charge >= 0.3 is 0 Å². The minimum atomic E-state index is -0.786. The van der Waals surface area contributed by atoms with Crippen LogP contribution < -0.4 is 22.1 Å². The summed E-state index contributed by atoms with van der Waals surface area (Å²) in [7, 11) is 0. The van der Waals surface area contributed by atoms with Gasteiger partial charge in [-0.1, -0.05) is 6.07 Å². The Bertz CT molecular complexity index is 1060. The lowest BCUT2D eigenvalue weighted by Crippen LogP contribution is -2.47. The fourth-order valence-electron chi connectivity index (χ4n) is 3.33. The van der Waals surface area contributed by atoms with Gasteiger partial charge < -0.3 is 26.8 Å². The number of nitrogens with zero attached hydrogens (tertiary/aromatic N) is 2. The summed E-state index contributed by atoms with van der Waals surface area (Å²) in [6, 6.07) is 9.80. The maximum atomic E-state index is 14.6. The zero-order chi connectivity index (χ0) is 20.4. The largest absolute Gasteiger partial charge is 0.380 e. The van der Waals surface area contributed by atoms with E-state index in [9.17, 15) is 9.18 Å². The number of carbonyl (C=O) groups is 1. The van der Waals surface area contributed by atoms with Gasteiger partial charge in [-0.05, 0) is 36.8 Å². The number of nitrogens with one attached hydrogen (secondary N) is 2. The Balaban J connectivity index is 1.72. The van der Waals surface area contributed by atoms with E-state index in [1.54, 1.807) is 12.3 Å². The van der Waals surface area contributed by atoms with Crippen molar-refractivity contribution in [2.75, 3.05) is 23.8 Å². The molecule has 1 aliphatic rings. The van der Waals surface area contributed by atoms with Crippen LogP contribution in [-0.4, -0.2) is 41.2 Å². The number of carbonyl (C=O) groups excluding carboxylic acids is 1. The highest BCUT2D eigenvalue weighted by atomic mass is 19.1. The highest BCUT2D eigenvalue weighted by Gasteiger charge is 2.25. The van der Waals surface area contributed by atoms with Crippen molar-refractivity contribution in [3.63, 3.8) is 0 Å². The van der Waals surface area contributed by atoms with Crippen LogP contribution in [0, 0.1) is 5.82 Å². The SMILES string of the molecule is NC(=O)c1cc(F)c(NC2CCOCC2N)nc1Nc1cccc2ncccc12. The normalized spacial score (nSPS) is 19.1. The molecule has 1 fully saturated rings. The second-order valence-electron chi connectivity index (χ2n) is 6.86. The molecule has 1 amide bonds. The topological polar surface area (TPSA) is 128 Å². The van der Waals surface area contributed by atoms with Crippen LogP contribution in [-0.2, 0) is 4.74 Å². The number of rotatable bonds is 5. The summed E-state index contributed by atoms with van der Waals surface area (Å²) in [4.78, 5) is 20.5. The van der Waals surface area contributed by atoms with Gasteiger partial charge in [-0.25, -0.2) is 9.37 Å². The Morgan fingerprint density at radius 2 is 2.10 bits per heavy atom. The van der Waals surface area contributed by atoms with Crippen molar-refractivity contribution in [2.45, 2.75) is 18.5 Å². The van der Waals surface area contributed by atoms with E-state index in [0.717, 1.165) is 17.0 Å². The quantitative estimate of drug-likeness (QED) is 0.520. The van der Waals surface area contributed by atoms with Gasteiger partial charge in [-0.2, -0.15) is 0 Å². The van der Waals surface area contributed by atoms with Crippen LogP contribution in [0.4, 0.5) is 21.7 Å². The van der Waals surface area contributed by atoms with Crippen molar-refractivity contribution in [3.8, 4) is 0 Å². The monoisotopic (exact) mass is 396 g/mol. The van der Waals surface area contributed by atoms with E-state index in [2.05, 4.69) is 20.6 Å². The fraction of sp³-hybridized carbons (Fsp3) is 0.250. The van der Waals surface area contributed by atoms with Gasteiger partial charge in [0.25, 0.3) is 5.91 Å². The number of hydrogen-bond acceptors (Lipinski definition) is 7. The third kappa shape index (κ3) is 3.96. The van der Waals surface area contributed by atoms with Crippen molar-refractivity contribution < 1.29 is 13.9 Å². The highest BCUT2D eigenvalue weighted by Crippen LogP contribution is 2.28. The number of pyridine rings is 2. The van der Waals surface area contributed by atoms with Crippen LogP contribution in [0.25, 0.3) is 10.9 Å². The number of hydrogen-bond donors (Lipinski definition) is 4. The van der Waals surface area contributed by atoms with Gasteiger partial charge in [0.05, 0.1) is 17.7 Å². The lowest BCUT2D eigenvalue weighted by molar-refractivity contribution is 0.0751. The van der Waals surface area contributed by atoms with Gasteiger partial charge in [0.15, 0.2) is 11.6 Å². The van der Waals surface area contributed by atoms with Gasteiger partial charge in [0.2, 0.25) is 0 Å². The molecular formula is C20H21FN6O2. The van der Waals surface area contributed by atoms with Crippen LogP contribution in [0.2, 0.25) is 0 Å². The van der Waals surface area contributed by atoms with Gasteiger partial charge in [-0.3, -0.25) is 9.78 Å². The number of aromatic nitrogens is 2. The lowest BCUT2D eigenvalue weighted by Gasteiger charge is -2.30. The average molecular weight is 396 g/mol. The molecule has 2 aromatic heterocycles. The molecule has 2 unspecified atom stereocenters. The fourth-order valence-corrected chi connectivity index (χ4v) is 3.33. The number of primary amides is 1. The molecule has 150 valence electrons. The third-order valence-corrected chi connectivity index (χ3v) is 4.86. The Kier molecular flexibility index (Phi) is 5.24. The predicted molar refractivity (Wildman–Crippen MR) is 109 cm³/mol. The van der Waals surface area contributed by atoms with E-state index in [-0.39, 0.29) is 29.3 Å². The summed E-state index contributed by atoms with van der Waals surface area (Å²) >= 11 is 0. The molecule has 0 bridgehead atoms. The van der Waals surface area contributed by atoms with Crippen molar-refractivity contribution in [2.24, 2.45) is 11.5 Å². The van der Waals surface area contributed by atoms with Crippen LogP contribution in [0.3, 0.4) is 0 Å². The van der Waals surface area contributed by atoms with Crippen LogP contribution in [0.5, 0.6) is 0 Å². The number of nitrogens with two attached hydrogens (primary N) is 2. The first-order valence-electron chi connectivity index (χ1n) is 9.24.